The number of nitrogens with two attached hydrogens (primary N) is 1. The third kappa shape index (κ3) is 4.88. The minimum atomic E-state index is 0.0158. The van der Waals surface area contributed by atoms with Crippen LogP contribution in [0.25, 0.3) is 0 Å². The average Bonchev–Trinajstić information content (AvgIpc) is 2.42. The Bertz CT molecular complexity index is 588. The van der Waals surface area contributed by atoms with Crippen molar-refractivity contribution in [3.05, 3.63) is 57.8 Å². The van der Waals surface area contributed by atoms with Crippen molar-refractivity contribution < 1.29 is 4.74 Å². The fraction of sp³-hybridized carbons (Fsp3) is 0.312. The monoisotopic (exact) mass is 324 g/mol. The van der Waals surface area contributed by atoms with Crippen molar-refractivity contribution in [3.63, 3.8) is 0 Å². The molecule has 1 atom stereocenters. The highest BCUT2D eigenvalue weighted by Crippen LogP contribution is 2.33. The zero-order valence-electron chi connectivity index (χ0n) is 11.9. The van der Waals surface area contributed by atoms with E-state index in [1.807, 2.05) is 25.1 Å². The van der Waals surface area contributed by atoms with E-state index in [9.17, 15) is 0 Å². The largest absolute Gasteiger partial charge is 0.491 e. The Morgan fingerprint density at radius 1 is 1.24 bits per heavy atom. The first kappa shape index (κ1) is 16.1. The molecule has 0 fully saturated rings. The van der Waals surface area contributed by atoms with Gasteiger partial charge in [0.05, 0.1) is 11.6 Å². The molecule has 0 amide bonds. The highest BCUT2D eigenvalue weighted by molar-refractivity contribution is 6.35. The van der Waals surface area contributed by atoms with E-state index in [2.05, 4.69) is 4.98 Å². The summed E-state index contributed by atoms with van der Waals surface area (Å²) in [4.78, 5) is 3.99. The minimum Gasteiger partial charge on any atom is -0.491 e. The lowest BCUT2D eigenvalue weighted by Crippen LogP contribution is -2.18. The van der Waals surface area contributed by atoms with Gasteiger partial charge in [0, 0.05) is 29.9 Å². The molecule has 0 aliphatic heterocycles. The van der Waals surface area contributed by atoms with Gasteiger partial charge in [-0.05, 0) is 48.7 Å². The first-order valence-electron chi connectivity index (χ1n) is 6.81. The summed E-state index contributed by atoms with van der Waals surface area (Å²) in [5.41, 5.74) is 7.98. The van der Waals surface area contributed by atoms with E-state index in [0.717, 1.165) is 12.0 Å². The van der Waals surface area contributed by atoms with Crippen molar-refractivity contribution in [1.29, 1.82) is 0 Å². The Hall–Kier alpha value is -1.29. The second-order valence-corrected chi connectivity index (χ2v) is 5.85. The molecule has 0 radical (unpaired) electrons. The van der Waals surface area contributed by atoms with Crippen LogP contribution >= 0.6 is 23.2 Å². The van der Waals surface area contributed by atoms with Gasteiger partial charge in [-0.1, -0.05) is 23.2 Å². The maximum absolute atomic E-state index is 6.24. The van der Waals surface area contributed by atoms with Crippen molar-refractivity contribution in [2.75, 3.05) is 6.61 Å². The number of ether oxygens (including phenoxy) is 1. The minimum absolute atomic E-state index is 0.0158. The molecule has 1 heterocycles. The van der Waals surface area contributed by atoms with Gasteiger partial charge in [0.25, 0.3) is 0 Å². The zero-order valence-corrected chi connectivity index (χ0v) is 13.4. The maximum atomic E-state index is 6.24. The molecule has 0 saturated carbocycles. The number of hydrogen-bond acceptors (Lipinski definition) is 3. The van der Waals surface area contributed by atoms with E-state index in [-0.39, 0.29) is 6.04 Å². The summed E-state index contributed by atoms with van der Waals surface area (Å²) in [6.07, 6.45) is 5.00. The Balaban J connectivity index is 2.08. The molecular weight excluding hydrogens is 307 g/mol. The summed E-state index contributed by atoms with van der Waals surface area (Å²) < 4.78 is 5.86. The highest BCUT2D eigenvalue weighted by atomic mass is 35.5. The predicted octanol–water partition coefficient (Wildman–Crippen LogP) is 3.90. The smallest absolute Gasteiger partial charge is 0.141 e. The summed E-state index contributed by atoms with van der Waals surface area (Å²) in [5.74, 6) is 0.674. The summed E-state index contributed by atoms with van der Waals surface area (Å²) in [6, 6.07) is 7.50. The molecule has 1 aromatic heterocycles. The van der Waals surface area contributed by atoms with E-state index < -0.39 is 0 Å². The molecule has 2 rings (SSSR count). The second kappa shape index (κ2) is 7.64. The first-order valence-corrected chi connectivity index (χ1v) is 7.57. The summed E-state index contributed by atoms with van der Waals surface area (Å²) in [6.45, 7) is 2.48. The molecule has 1 aromatic carbocycles. The van der Waals surface area contributed by atoms with E-state index in [4.69, 9.17) is 33.7 Å². The van der Waals surface area contributed by atoms with Crippen LogP contribution in [0.4, 0.5) is 0 Å². The molecule has 0 aliphatic carbocycles. The number of aromatic nitrogens is 1. The summed E-state index contributed by atoms with van der Waals surface area (Å²) in [7, 11) is 0. The van der Waals surface area contributed by atoms with Crippen LogP contribution < -0.4 is 10.5 Å². The van der Waals surface area contributed by atoms with Gasteiger partial charge in [0.15, 0.2) is 0 Å². The number of benzene rings is 1. The van der Waals surface area contributed by atoms with E-state index in [1.165, 1.54) is 5.56 Å². The number of pyridine rings is 1. The van der Waals surface area contributed by atoms with Gasteiger partial charge >= 0.3 is 0 Å². The third-order valence-corrected chi connectivity index (χ3v) is 3.51. The lowest BCUT2D eigenvalue weighted by molar-refractivity contribution is 0.318. The van der Waals surface area contributed by atoms with Crippen LogP contribution in [0.2, 0.25) is 10.0 Å². The van der Waals surface area contributed by atoms with Crippen LogP contribution in [0.3, 0.4) is 0 Å². The zero-order chi connectivity index (χ0) is 15.2. The molecule has 21 heavy (non-hydrogen) atoms. The van der Waals surface area contributed by atoms with Gasteiger partial charge in [-0.3, -0.25) is 4.98 Å². The molecular formula is C16H18Cl2N2O. The van der Waals surface area contributed by atoms with Gasteiger partial charge in [0.1, 0.15) is 5.75 Å². The van der Waals surface area contributed by atoms with Crippen LogP contribution in [0.5, 0.6) is 5.75 Å². The number of rotatable bonds is 6. The Morgan fingerprint density at radius 3 is 2.62 bits per heavy atom. The number of nitrogens with zero attached hydrogens (tertiary/aromatic N) is 1. The average molecular weight is 325 g/mol. The van der Waals surface area contributed by atoms with Gasteiger partial charge < -0.3 is 10.5 Å². The Morgan fingerprint density at radius 2 is 1.95 bits per heavy atom. The van der Waals surface area contributed by atoms with Crippen molar-refractivity contribution in [2.24, 2.45) is 5.73 Å². The van der Waals surface area contributed by atoms with Crippen molar-refractivity contribution in [2.45, 2.75) is 25.8 Å². The molecule has 5 heteroatoms. The van der Waals surface area contributed by atoms with Crippen LogP contribution in [0.1, 0.15) is 18.1 Å². The second-order valence-electron chi connectivity index (χ2n) is 5.01. The molecule has 0 saturated heterocycles. The SMILES string of the molecule is CC(N)Cc1cc(Cl)cc(Cl)c1OCCc1ccncc1. The van der Waals surface area contributed by atoms with E-state index in [1.54, 1.807) is 18.5 Å². The standard InChI is InChI=1S/C16H18Cl2N2O/c1-11(19)8-13-9-14(17)10-15(18)16(13)21-7-4-12-2-5-20-6-3-12/h2-3,5-6,9-11H,4,7-8,19H2,1H3. The van der Waals surface area contributed by atoms with Crippen LogP contribution in [-0.2, 0) is 12.8 Å². The van der Waals surface area contributed by atoms with Gasteiger partial charge in [0.2, 0.25) is 0 Å². The Kier molecular flexibility index (Phi) is 5.85. The fourth-order valence-corrected chi connectivity index (χ4v) is 2.68. The van der Waals surface area contributed by atoms with Gasteiger partial charge in [-0.15, -0.1) is 0 Å². The maximum Gasteiger partial charge on any atom is 0.141 e. The quantitative estimate of drug-likeness (QED) is 0.876. The fourth-order valence-electron chi connectivity index (χ4n) is 2.09. The van der Waals surface area contributed by atoms with E-state index >= 15 is 0 Å². The van der Waals surface area contributed by atoms with Gasteiger partial charge in [-0.2, -0.15) is 0 Å². The number of hydrogen-bond donors (Lipinski definition) is 1. The topological polar surface area (TPSA) is 48.1 Å². The van der Waals surface area contributed by atoms with Crippen molar-refractivity contribution >= 4 is 23.2 Å². The lowest BCUT2D eigenvalue weighted by Gasteiger charge is -2.15. The molecule has 3 nitrogen and oxygen atoms in total. The molecule has 0 spiro atoms. The predicted molar refractivity (Wildman–Crippen MR) is 87.3 cm³/mol. The highest BCUT2D eigenvalue weighted by Gasteiger charge is 2.12. The Labute approximate surface area is 135 Å². The summed E-state index contributed by atoms with van der Waals surface area (Å²) >= 11 is 12.3. The van der Waals surface area contributed by atoms with Crippen LogP contribution in [0.15, 0.2) is 36.7 Å². The first-order chi connectivity index (χ1) is 10.1. The molecule has 112 valence electrons. The lowest BCUT2D eigenvalue weighted by atomic mass is 10.1. The van der Waals surface area contributed by atoms with Crippen LogP contribution in [-0.4, -0.2) is 17.6 Å². The third-order valence-electron chi connectivity index (χ3n) is 3.01. The van der Waals surface area contributed by atoms with Crippen molar-refractivity contribution in [1.82, 2.24) is 4.98 Å². The van der Waals surface area contributed by atoms with Gasteiger partial charge in [-0.25, -0.2) is 0 Å². The molecule has 1 unspecified atom stereocenters. The van der Waals surface area contributed by atoms with Crippen molar-refractivity contribution in [3.8, 4) is 5.75 Å². The number of halogens is 2. The molecule has 2 aromatic rings. The molecule has 0 bridgehead atoms. The summed E-state index contributed by atoms with van der Waals surface area (Å²) in [5, 5.41) is 1.12. The normalized spacial score (nSPS) is 12.2. The van der Waals surface area contributed by atoms with E-state index in [0.29, 0.717) is 28.8 Å². The molecule has 2 N–H and O–H groups in total. The molecule has 0 aliphatic rings. The van der Waals surface area contributed by atoms with Crippen LogP contribution in [0, 0.1) is 0 Å².